The van der Waals surface area contributed by atoms with Crippen molar-refractivity contribution < 1.29 is 27.8 Å². The van der Waals surface area contributed by atoms with Crippen molar-refractivity contribution >= 4 is 28.5 Å². The zero-order chi connectivity index (χ0) is 28.8. The number of nitrogens with zero attached hydrogens (tertiary/aromatic N) is 5. The number of fused-ring (bicyclic) bond motifs is 2. The van der Waals surface area contributed by atoms with Gasteiger partial charge in [0.05, 0.1) is 23.7 Å². The van der Waals surface area contributed by atoms with Gasteiger partial charge in [0.25, 0.3) is 0 Å². The molecule has 1 saturated heterocycles. The Morgan fingerprint density at radius 2 is 1.80 bits per heavy atom. The predicted molar refractivity (Wildman–Crippen MR) is 143 cm³/mol. The smallest absolute Gasteiger partial charge is 0.341 e. The normalized spacial score (nSPS) is 16.9. The molecule has 0 spiro atoms. The van der Waals surface area contributed by atoms with Crippen LogP contribution in [0.4, 0.5) is 24.7 Å². The summed E-state index contributed by atoms with van der Waals surface area (Å²) in [5, 5.41) is 18.3. The molecule has 1 N–H and O–H groups in total. The van der Waals surface area contributed by atoms with Crippen LogP contribution in [0.2, 0.25) is 0 Å². The number of ether oxygens (including phenoxy) is 1. The van der Waals surface area contributed by atoms with Crippen LogP contribution in [0, 0.1) is 28.8 Å². The molecule has 9 nitrogen and oxygen atoms in total. The molecule has 0 aliphatic carbocycles. The predicted octanol–water partition coefficient (Wildman–Crippen LogP) is 3.79. The van der Waals surface area contributed by atoms with Gasteiger partial charge in [-0.05, 0) is 54.3 Å². The van der Waals surface area contributed by atoms with E-state index in [1.165, 1.54) is 0 Å². The number of aromatic nitrogens is 2. The SMILES string of the molecule is N#CC1CN(c2ccc3c(c2)CCN(c2nc4c(cc2F)c(=O)c(C(=O)O)cn4-c2ccc(F)cc2F)CC3)CO1. The molecule has 4 heterocycles. The topological polar surface area (TPSA) is 112 Å². The molecule has 6 rings (SSSR count). The minimum atomic E-state index is -1.58. The van der Waals surface area contributed by atoms with Gasteiger partial charge in [-0.2, -0.15) is 5.26 Å². The number of anilines is 2. The van der Waals surface area contributed by atoms with Crippen LogP contribution in [0.5, 0.6) is 0 Å². The van der Waals surface area contributed by atoms with Crippen molar-refractivity contribution in [1.29, 1.82) is 5.26 Å². The Morgan fingerprint density at radius 1 is 1.02 bits per heavy atom. The minimum absolute atomic E-state index is 0.0749. The average Bonchev–Trinajstić information content (AvgIpc) is 3.34. The zero-order valence-corrected chi connectivity index (χ0v) is 21.5. The Bertz CT molecular complexity index is 1820. The van der Waals surface area contributed by atoms with Crippen LogP contribution < -0.4 is 15.2 Å². The Morgan fingerprint density at radius 3 is 2.51 bits per heavy atom. The molecular formula is C29H22F3N5O4. The lowest BCUT2D eigenvalue weighted by Crippen LogP contribution is -2.29. The number of halogens is 3. The van der Waals surface area contributed by atoms with Crippen molar-refractivity contribution in [3.63, 3.8) is 0 Å². The maximum absolute atomic E-state index is 15.5. The van der Waals surface area contributed by atoms with Gasteiger partial charge in [0.15, 0.2) is 23.4 Å². The van der Waals surface area contributed by atoms with Gasteiger partial charge < -0.3 is 19.6 Å². The number of rotatable bonds is 4. The summed E-state index contributed by atoms with van der Waals surface area (Å²) in [6.45, 7) is 1.56. The summed E-state index contributed by atoms with van der Waals surface area (Å²) in [6.07, 6.45) is 1.55. The van der Waals surface area contributed by atoms with Crippen LogP contribution in [-0.4, -0.2) is 53.1 Å². The number of carboxylic acids is 1. The second-order valence-electron chi connectivity index (χ2n) is 9.88. The van der Waals surface area contributed by atoms with E-state index in [2.05, 4.69) is 11.1 Å². The number of hydrogen-bond acceptors (Lipinski definition) is 7. The highest BCUT2D eigenvalue weighted by Crippen LogP contribution is 2.29. The Hall–Kier alpha value is -4.89. The van der Waals surface area contributed by atoms with Crippen LogP contribution >= 0.6 is 0 Å². The summed E-state index contributed by atoms with van der Waals surface area (Å²) in [4.78, 5) is 32.8. The Kier molecular flexibility index (Phi) is 6.59. The monoisotopic (exact) mass is 561 g/mol. The summed E-state index contributed by atoms with van der Waals surface area (Å²) in [6, 6.07) is 11.7. The molecule has 0 bridgehead atoms. The molecule has 2 aromatic heterocycles. The summed E-state index contributed by atoms with van der Waals surface area (Å²) in [7, 11) is 0. The molecule has 0 radical (unpaired) electrons. The maximum Gasteiger partial charge on any atom is 0.341 e. The van der Waals surface area contributed by atoms with Crippen LogP contribution in [0.3, 0.4) is 0 Å². The molecule has 2 aromatic carbocycles. The van der Waals surface area contributed by atoms with Crippen molar-refractivity contribution in [2.24, 2.45) is 0 Å². The van der Waals surface area contributed by atoms with Crippen LogP contribution in [0.1, 0.15) is 21.5 Å². The largest absolute Gasteiger partial charge is 0.477 e. The van der Waals surface area contributed by atoms with E-state index in [0.717, 1.165) is 45.8 Å². The Balaban J connectivity index is 1.39. The first kappa shape index (κ1) is 26.3. The minimum Gasteiger partial charge on any atom is -0.477 e. The summed E-state index contributed by atoms with van der Waals surface area (Å²) in [5.74, 6) is -4.33. The maximum atomic E-state index is 15.5. The molecule has 208 valence electrons. The molecule has 1 unspecified atom stereocenters. The molecule has 1 fully saturated rings. The summed E-state index contributed by atoms with van der Waals surface area (Å²) >= 11 is 0. The lowest BCUT2D eigenvalue weighted by molar-refractivity contribution is 0.0695. The fourth-order valence-corrected chi connectivity index (χ4v) is 5.31. The van der Waals surface area contributed by atoms with Gasteiger partial charge in [-0.1, -0.05) is 6.07 Å². The number of pyridine rings is 2. The van der Waals surface area contributed by atoms with E-state index in [4.69, 9.17) is 10.00 Å². The molecule has 0 amide bonds. The Labute approximate surface area is 231 Å². The van der Waals surface area contributed by atoms with Crippen LogP contribution in [0.15, 0.2) is 53.5 Å². The van der Waals surface area contributed by atoms with E-state index in [-0.39, 0.29) is 22.5 Å². The van der Waals surface area contributed by atoms with Gasteiger partial charge in [-0.15, -0.1) is 0 Å². The third kappa shape index (κ3) is 4.74. The van der Waals surface area contributed by atoms with E-state index < -0.39 is 40.5 Å². The number of benzene rings is 2. The number of carbonyl (C=O) groups is 1. The highest BCUT2D eigenvalue weighted by Gasteiger charge is 2.26. The molecule has 2 aliphatic heterocycles. The molecule has 1 atom stereocenters. The van der Waals surface area contributed by atoms with Gasteiger partial charge >= 0.3 is 5.97 Å². The number of carboxylic acid groups (broad SMARTS) is 1. The van der Waals surface area contributed by atoms with Gasteiger partial charge in [0, 0.05) is 31.0 Å². The van der Waals surface area contributed by atoms with Gasteiger partial charge in [0.2, 0.25) is 5.43 Å². The third-order valence-corrected chi connectivity index (χ3v) is 7.43. The molecule has 0 saturated carbocycles. The first-order valence-electron chi connectivity index (χ1n) is 12.8. The van der Waals surface area contributed by atoms with Gasteiger partial charge in [-0.25, -0.2) is 22.9 Å². The second-order valence-corrected chi connectivity index (χ2v) is 9.88. The standard InChI is InChI=1S/C29H22F3N5O4/c30-18-2-4-25(23(31)10-18)37-14-22(29(39)40)26(38)21-11-24(32)28(34-27(21)37)35-7-5-16-1-3-19(9-17(16)6-8-35)36-13-20(12-33)41-15-36/h1-4,9-11,14,20H,5-8,13,15H2,(H,39,40). The number of nitriles is 1. The first-order valence-corrected chi connectivity index (χ1v) is 12.8. The van der Waals surface area contributed by atoms with E-state index in [1.54, 1.807) is 4.90 Å². The highest BCUT2D eigenvalue weighted by atomic mass is 19.1. The van der Waals surface area contributed by atoms with Crippen molar-refractivity contribution in [1.82, 2.24) is 9.55 Å². The second kappa shape index (κ2) is 10.3. The van der Waals surface area contributed by atoms with Crippen LogP contribution in [0.25, 0.3) is 16.7 Å². The van der Waals surface area contributed by atoms with Crippen molar-refractivity contribution in [3.8, 4) is 11.8 Å². The molecule has 4 aromatic rings. The first-order chi connectivity index (χ1) is 19.7. The summed E-state index contributed by atoms with van der Waals surface area (Å²) < 4.78 is 50.4. The van der Waals surface area contributed by atoms with Crippen LogP contribution in [-0.2, 0) is 17.6 Å². The van der Waals surface area contributed by atoms with Crippen molar-refractivity contribution in [2.45, 2.75) is 18.9 Å². The molecule has 41 heavy (non-hydrogen) atoms. The fourth-order valence-electron chi connectivity index (χ4n) is 5.31. The third-order valence-electron chi connectivity index (χ3n) is 7.43. The van der Waals surface area contributed by atoms with Crippen molar-refractivity contribution in [3.05, 3.63) is 93.0 Å². The zero-order valence-electron chi connectivity index (χ0n) is 21.5. The molecular weight excluding hydrogens is 539 g/mol. The number of hydrogen-bond donors (Lipinski definition) is 1. The molecule has 12 heteroatoms. The highest BCUT2D eigenvalue weighted by molar-refractivity contribution is 5.92. The van der Waals surface area contributed by atoms with E-state index in [1.807, 2.05) is 23.1 Å². The quantitative estimate of drug-likeness (QED) is 0.401. The average molecular weight is 562 g/mol. The lowest BCUT2D eigenvalue weighted by atomic mass is 10.0. The lowest BCUT2D eigenvalue weighted by Gasteiger charge is -2.23. The van der Waals surface area contributed by atoms with E-state index >= 15 is 4.39 Å². The summed E-state index contributed by atoms with van der Waals surface area (Å²) in [5.41, 5.74) is 0.972. The number of aromatic carboxylic acids is 1. The van der Waals surface area contributed by atoms with Crippen molar-refractivity contribution in [2.75, 3.05) is 36.2 Å². The molecule has 2 aliphatic rings. The van der Waals surface area contributed by atoms with E-state index in [0.29, 0.717) is 45.3 Å². The van der Waals surface area contributed by atoms with Gasteiger partial charge in [0.1, 0.15) is 23.9 Å². The van der Waals surface area contributed by atoms with E-state index in [9.17, 15) is 23.5 Å². The fraction of sp³-hybridized carbons (Fsp3) is 0.241. The van der Waals surface area contributed by atoms with Gasteiger partial charge in [-0.3, -0.25) is 9.36 Å².